The molecule has 0 aromatic carbocycles. The van der Waals surface area contributed by atoms with Gasteiger partial charge in [-0.05, 0) is 0 Å². The molecular formula is H5CaO4RbS. The zero-order valence-corrected chi connectivity index (χ0v) is 11.8. The van der Waals surface area contributed by atoms with Gasteiger partial charge in [0.2, 0.25) is 0 Å². The van der Waals surface area contributed by atoms with Crippen LogP contribution in [0.15, 0.2) is 0 Å². The van der Waals surface area contributed by atoms with Gasteiger partial charge in [-0.15, -0.1) is 0 Å². The molecule has 0 rings (SSSR count). The first kappa shape index (κ1) is 16.5. The third-order valence-corrected chi connectivity index (χ3v) is 0. The Morgan fingerprint density at radius 2 is 1.29 bits per heavy atom. The predicted octanol–water partition coefficient (Wildman–Crippen LogP) is -3.69. The van der Waals surface area contributed by atoms with Gasteiger partial charge in [-0.25, -0.2) is 0 Å². The van der Waals surface area contributed by atoms with E-state index in [1.54, 1.807) is 0 Å². The fourth-order valence-corrected chi connectivity index (χ4v) is 0. The van der Waals surface area contributed by atoms with Crippen LogP contribution in [0, 0.1) is 0 Å². The first-order chi connectivity index (χ1) is 2.00. The van der Waals surface area contributed by atoms with Crippen LogP contribution in [0.25, 0.3) is 0 Å². The summed E-state index contributed by atoms with van der Waals surface area (Å²) in [6, 6.07) is 0. The Bertz CT molecular complexity index is 104. The molecular weight excluding hydrogens is 222 g/mol. The fourth-order valence-electron chi connectivity index (χ4n) is 0. The molecule has 0 saturated heterocycles. The van der Waals surface area contributed by atoms with E-state index in [1.165, 1.54) is 0 Å². The normalized spacial score (nSPS) is 8.29. The van der Waals surface area contributed by atoms with Crippen molar-refractivity contribution in [3.63, 3.8) is 0 Å². The maximum atomic E-state index is 8.74. The van der Waals surface area contributed by atoms with Gasteiger partial charge in [0.25, 0.3) is 0 Å². The maximum Gasteiger partial charge on any atom is 2.00 e. The van der Waals surface area contributed by atoms with Crippen LogP contribution >= 0.6 is 0 Å². The molecule has 0 saturated carbocycles. The van der Waals surface area contributed by atoms with Gasteiger partial charge >= 0.3 is 106 Å². The Morgan fingerprint density at radius 1 is 1.29 bits per heavy atom. The van der Waals surface area contributed by atoms with Gasteiger partial charge in [0.05, 0.1) is 0 Å². The molecule has 7 heavy (non-hydrogen) atoms. The zero-order valence-electron chi connectivity index (χ0n) is 6.83. The SMILES string of the molecule is O=S(=O)(O)O.[Ca+2].[H-].[H-].[H-].[Rb+]. The van der Waals surface area contributed by atoms with Gasteiger partial charge in [-0.1, -0.05) is 0 Å². The molecule has 0 fully saturated rings. The van der Waals surface area contributed by atoms with Crippen molar-refractivity contribution < 1.29 is 80.0 Å². The molecule has 0 heterocycles. The average molecular weight is 227 g/mol. The maximum absolute atomic E-state index is 8.74. The molecule has 0 amide bonds. The van der Waals surface area contributed by atoms with Gasteiger partial charge in [0.15, 0.2) is 0 Å². The van der Waals surface area contributed by atoms with Crippen LogP contribution in [0.1, 0.15) is 4.28 Å². The molecule has 4 nitrogen and oxygen atoms in total. The summed E-state index contributed by atoms with van der Waals surface area (Å²) >= 11 is 0. The van der Waals surface area contributed by atoms with E-state index in [4.69, 9.17) is 17.5 Å². The Hall–Kier alpha value is 2.93. The van der Waals surface area contributed by atoms with Crippen LogP contribution in [-0.2, 0) is 10.4 Å². The van der Waals surface area contributed by atoms with E-state index in [0.29, 0.717) is 0 Å². The van der Waals surface area contributed by atoms with Crippen LogP contribution in [-0.4, -0.2) is 55.3 Å². The molecule has 0 aliphatic rings. The van der Waals surface area contributed by atoms with Gasteiger partial charge < -0.3 is 4.28 Å². The van der Waals surface area contributed by atoms with Crippen molar-refractivity contribution in [3.8, 4) is 0 Å². The molecule has 0 atom stereocenters. The van der Waals surface area contributed by atoms with Crippen molar-refractivity contribution in [3.05, 3.63) is 0 Å². The molecule has 0 spiro atoms. The smallest absolute Gasteiger partial charge is 1.00 e. The topological polar surface area (TPSA) is 74.6 Å². The van der Waals surface area contributed by atoms with Crippen LogP contribution < -0.4 is 58.2 Å². The Morgan fingerprint density at radius 3 is 1.29 bits per heavy atom. The minimum atomic E-state index is -4.67. The second kappa shape index (κ2) is 7.05. The standard InChI is InChI=1S/Ca.H2O4S.Rb.3H/c;1-5(2,3)4;;;;/h;(H2,1,2,3,4);;;;/q+2;;+1;3*-1. The van der Waals surface area contributed by atoms with Crippen LogP contribution in [0.4, 0.5) is 0 Å². The van der Waals surface area contributed by atoms with E-state index < -0.39 is 10.4 Å². The van der Waals surface area contributed by atoms with E-state index >= 15 is 0 Å². The first-order valence-corrected chi connectivity index (χ1v) is 2.10. The summed E-state index contributed by atoms with van der Waals surface area (Å²) in [5.41, 5.74) is 0. The molecule has 2 N–H and O–H groups in total. The molecule has 0 aliphatic carbocycles. The number of hydrogen-bond acceptors (Lipinski definition) is 2. The van der Waals surface area contributed by atoms with E-state index in [0.717, 1.165) is 0 Å². The molecule has 0 aliphatic heterocycles. The summed E-state index contributed by atoms with van der Waals surface area (Å²) in [6.45, 7) is 0. The molecule has 0 aromatic rings. The van der Waals surface area contributed by atoms with Crippen molar-refractivity contribution in [2.75, 3.05) is 0 Å². The summed E-state index contributed by atoms with van der Waals surface area (Å²) < 4.78 is 31.6. The summed E-state index contributed by atoms with van der Waals surface area (Å²) in [7, 11) is -4.67. The van der Waals surface area contributed by atoms with Crippen molar-refractivity contribution >= 4 is 48.1 Å². The quantitative estimate of drug-likeness (QED) is 0.330. The zero-order chi connectivity index (χ0) is 4.50. The molecule has 0 radical (unpaired) electrons. The summed E-state index contributed by atoms with van der Waals surface area (Å²) in [5, 5.41) is 0. The molecule has 0 bridgehead atoms. The van der Waals surface area contributed by atoms with Crippen molar-refractivity contribution in [1.29, 1.82) is 0 Å². The van der Waals surface area contributed by atoms with Gasteiger partial charge in [-0.2, -0.15) is 8.42 Å². The number of rotatable bonds is 0. The third kappa shape index (κ3) is 49.9. The van der Waals surface area contributed by atoms with E-state index in [2.05, 4.69) is 0 Å². The Labute approximate surface area is 125 Å². The van der Waals surface area contributed by atoms with E-state index in [-0.39, 0.29) is 100 Å². The average Bonchev–Trinajstić information content (AvgIpc) is 0.722. The monoisotopic (exact) mass is 226 g/mol. The predicted molar refractivity (Wildman–Crippen MR) is 23.3 cm³/mol. The Kier molecular flexibility index (Phi) is 16.6. The summed E-state index contributed by atoms with van der Waals surface area (Å²) in [4.78, 5) is 0. The minimum Gasteiger partial charge on any atom is -1.00 e. The van der Waals surface area contributed by atoms with Crippen LogP contribution in [0.5, 0.6) is 0 Å². The van der Waals surface area contributed by atoms with E-state index in [1.807, 2.05) is 0 Å². The van der Waals surface area contributed by atoms with Crippen molar-refractivity contribution in [1.82, 2.24) is 0 Å². The summed E-state index contributed by atoms with van der Waals surface area (Å²) in [6.07, 6.45) is 0. The largest absolute Gasteiger partial charge is 2.00 e. The minimum absolute atomic E-state index is 0. The van der Waals surface area contributed by atoms with Crippen LogP contribution in [0.3, 0.4) is 0 Å². The molecule has 7 heteroatoms. The van der Waals surface area contributed by atoms with Crippen molar-refractivity contribution in [2.45, 2.75) is 0 Å². The second-order valence-electron chi connectivity index (χ2n) is 0.448. The number of hydrogen-bond donors (Lipinski definition) is 2. The van der Waals surface area contributed by atoms with Crippen molar-refractivity contribution in [2.24, 2.45) is 0 Å². The Balaban J connectivity index is -0.00000000800. The van der Waals surface area contributed by atoms with Gasteiger partial charge in [0, 0.05) is 0 Å². The third-order valence-electron chi connectivity index (χ3n) is 0. The summed E-state index contributed by atoms with van der Waals surface area (Å²) in [5.74, 6) is 0. The fraction of sp³-hybridized carbons (Fsp3) is 0. The second-order valence-corrected chi connectivity index (χ2v) is 1.34. The van der Waals surface area contributed by atoms with Crippen LogP contribution in [0.2, 0.25) is 0 Å². The van der Waals surface area contributed by atoms with Gasteiger partial charge in [-0.3, -0.25) is 9.11 Å². The van der Waals surface area contributed by atoms with Gasteiger partial charge in [0.1, 0.15) is 0 Å². The van der Waals surface area contributed by atoms with E-state index in [9.17, 15) is 0 Å². The molecule has 0 aromatic heterocycles. The molecule has 38 valence electrons. The first-order valence-electron chi connectivity index (χ1n) is 0.698. The molecule has 0 unspecified atom stereocenters.